The van der Waals surface area contributed by atoms with Crippen LogP contribution in [0, 0.1) is 16.7 Å². The Bertz CT molecular complexity index is 381. The molecular formula is C16H26O2. The Balaban J connectivity index is 1.98. The van der Waals surface area contributed by atoms with Crippen LogP contribution in [0.15, 0.2) is 12.2 Å². The highest BCUT2D eigenvalue weighted by Gasteiger charge is 2.72. The van der Waals surface area contributed by atoms with Crippen molar-refractivity contribution in [3.63, 3.8) is 0 Å². The predicted octanol–water partition coefficient (Wildman–Crippen LogP) is 3.30. The van der Waals surface area contributed by atoms with Crippen molar-refractivity contribution in [1.29, 1.82) is 0 Å². The maximum Gasteiger partial charge on any atom is 0.123 e. The molecule has 2 saturated carbocycles. The maximum atomic E-state index is 10.4. The van der Waals surface area contributed by atoms with E-state index in [4.69, 9.17) is 4.74 Å². The zero-order valence-electron chi connectivity index (χ0n) is 12.0. The lowest BCUT2D eigenvalue weighted by Crippen LogP contribution is -2.60. The number of rotatable bonds is 1. The first-order valence-corrected chi connectivity index (χ1v) is 7.32. The Hall–Kier alpha value is -0.340. The highest BCUT2D eigenvalue weighted by molar-refractivity contribution is 5.22. The number of hydrogen-bond acceptors (Lipinski definition) is 2. The molecule has 0 unspecified atom stereocenters. The molecule has 3 fully saturated rings. The summed E-state index contributed by atoms with van der Waals surface area (Å²) >= 11 is 0. The first-order chi connectivity index (χ1) is 8.35. The fourth-order valence-corrected chi connectivity index (χ4v) is 4.76. The predicted molar refractivity (Wildman–Crippen MR) is 72.3 cm³/mol. The van der Waals surface area contributed by atoms with Crippen molar-refractivity contribution in [2.75, 3.05) is 6.61 Å². The van der Waals surface area contributed by atoms with Gasteiger partial charge in [-0.25, -0.2) is 0 Å². The average molecular weight is 250 g/mol. The van der Waals surface area contributed by atoms with Gasteiger partial charge in [-0.3, -0.25) is 0 Å². The number of fused-ring (bicyclic) bond motifs is 2. The third kappa shape index (κ3) is 1.36. The van der Waals surface area contributed by atoms with Gasteiger partial charge >= 0.3 is 0 Å². The molecule has 0 aromatic rings. The van der Waals surface area contributed by atoms with Gasteiger partial charge in [-0.15, -0.1) is 0 Å². The molecule has 0 bridgehead atoms. The molecule has 0 aromatic heterocycles. The SMILES string of the molecule is C=C(C)[C@@H]1CC[C@]2(C)CC[C@H](O)[C@]3(CO3)[C@@]2(C)C1. The summed E-state index contributed by atoms with van der Waals surface area (Å²) in [4.78, 5) is 0. The van der Waals surface area contributed by atoms with E-state index in [0.29, 0.717) is 11.3 Å². The molecule has 0 aromatic carbocycles. The summed E-state index contributed by atoms with van der Waals surface area (Å²) in [5.41, 5.74) is 1.50. The minimum absolute atomic E-state index is 0.111. The van der Waals surface area contributed by atoms with Gasteiger partial charge in [-0.05, 0) is 50.4 Å². The van der Waals surface area contributed by atoms with Gasteiger partial charge in [0, 0.05) is 5.41 Å². The second-order valence-electron chi connectivity index (χ2n) is 7.41. The second-order valence-corrected chi connectivity index (χ2v) is 7.41. The summed E-state index contributed by atoms with van der Waals surface area (Å²) in [6.07, 6.45) is 5.42. The molecule has 2 nitrogen and oxygen atoms in total. The Labute approximate surface area is 110 Å². The third-order valence-corrected chi connectivity index (χ3v) is 6.63. The highest BCUT2D eigenvalue weighted by Crippen LogP contribution is 2.68. The summed E-state index contributed by atoms with van der Waals surface area (Å²) < 4.78 is 5.84. The average Bonchev–Trinajstić information content (AvgIpc) is 3.10. The van der Waals surface area contributed by atoms with Crippen molar-refractivity contribution < 1.29 is 9.84 Å². The molecule has 5 atom stereocenters. The summed E-state index contributed by atoms with van der Waals surface area (Å²) in [7, 11) is 0. The van der Waals surface area contributed by atoms with Gasteiger partial charge in [-0.2, -0.15) is 0 Å². The molecule has 18 heavy (non-hydrogen) atoms. The molecule has 102 valence electrons. The van der Waals surface area contributed by atoms with E-state index >= 15 is 0 Å². The smallest absolute Gasteiger partial charge is 0.123 e. The Morgan fingerprint density at radius 2 is 1.89 bits per heavy atom. The normalized spacial score (nSPS) is 55.1. The third-order valence-electron chi connectivity index (χ3n) is 6.63. The van der Waals surface area contributed by atoms with E-state index in [0.717, 1.165) is 25.9 Å². The van der Waals surface area contributed by atoms with Crippen LogP contribution in [0.25, 0.3) is 0 Å². The van der Waals surface area contributed by atoms with Gasteiger partial charge in [0.15, 0.2) is 0 Å². The van der Waals surface area contributed by atoms with Crippen LogP contribution in [0.3, 0.4) is 0 Å². The lowest BCUT2D eigenvalue weighted by molar-refractivity contribution is -0.150. The van der Waals surface area contributed by atoms with E-state index in [2.05, 4.69) is 27.4 Å². The minimum Gasteiger partial charge on any atom is -0.390 e. The highest BCUT2D eigenvalue weighted by atomic mass is 16.6. The number of aliphatic hydroxyl groups excluding tert-OH is 1. The molecule has 2 aliphatic carbocycles. The summed E-state index contributed by atoms with van der Waals surface area (Å²) in [5.74, 6) is 0.606. The van der Waals surface area contributed by atoms with E-state index in [1.165, 1.54) is 18.4 Å². The molecular weight excluding hydrogens is 224 g/mol. The first kappa shape index (κ1) is 12.7. The topological polar surface area (TPSA) is 32.8 Å². The first-order valence-electron chi connectivity index (χ1n) is 7.32. The fraction of sp³-hybridized carbons (Fsp3) is 0.875. The Morgan fingerprint density at radius 3 is 2.44 bits per heavy atom. The Kier molecular flexibility index (Phi) is 2.54. The van der Waals surface area contributed by atoms with Crippen molar-refractivity contribution in [1.82, 2.24) is 0 Å². The molecule has 1 heterocycles. The Morgan fingerprint density at radius 1 is 1.28 bits per heavy atom. The fourth-order valence-electron chi connectivity index (χ4n) is 4.76. The van der Waals surface area contributed by atoms with Crippen LogP contribution in [0.1, 0.15) is 52.9 Å². The molecule has 3 aliphatic rings. The molecule has 1 saturated heterocycles. The van der Waals surface area contributed by atoms with Gasteiger partial charge in [0.1, 0.15) is 5.60 Å². The lowest BCUT2D eigenvalue weighted by Gasteiger charge is -2.59. The number of aliphatic hydroxyl groups is 1. The molecule has 1 N–H and O–H groups in total. The van der Waals surface area contributed by atoms with E-state index in [1.54, 1.807) is 0 Å². The van der Waals surface area contributed by atoms with Crippen LogP contribution in [0.4, 0.5) is 0 Å². The number of ether oxygens (including phenoxy) is 1. The van der Waals surface area contributed by atoms with Gasteiger partial charge < -0.3 is 9.84 Å². The van der Waals surface area contributed by atoms with Crippen molar-refractivity contribution >= 4 is 0 Å². The van der Waals surface area contributed by atoms with E-state index < -0.39 is 0 Å². The molecule has 1 aliphatic heterocycles. The largest absolute Gasteiger partial charge is 0.390 e. The number of allylic oxidation sites excluding steroid dienone is 1. The van der Waals surface area contributed by atoms with Crippen LogP contribution < -0.4 is 0 Å². The standard InChI is InChI=1S/C16H26O2/c1-11(2)12-5-7-14(3)8-6-13(17)16(10-18-16)15(14,4)9-12/h12-13,17H,1,5-10H2,2-4H3/t12-,13+,14-,15+,16-/m1/s1. The van der Waals surface area contributed by atoms with Crippen molar-refractivity contribution in [2.45, 2.75) is 64.6 Å². The van der Waals surface area contributed by atoms with Gasteiger partial charge in [-0.1, -0.05) is 26.0 Å². The zero-order valence-corrected chi connectivity index (χ0v) is 12.0. The lowest BCUT2D eigenvalue weighted by atomic mass is 9.45. The van der Waals surface area contributed by atoms with Crippen molar-refractivity contribution in [2.24, 2.45) is 16.7 Å². The van der Waals surface area contributed by atoms with Crippen molar-refractivity contribution in [3.8, 4) is 0 Å². The molecule has 2 heteroatoms. The second kappa shape index (κ2) is 3.61. The van der Waals surface area contributed by atoms with Gasteiger partial charge in [0.2, 0.25) is 0 Å². The number of epoxide rings is 1. The van der Waals surface area contributed by atoms with E-state index in [1.807, 2.05) is 0 Å². The number of hydrogen-bond donors (Lipinski definition) is 1. The molecule has 0 radical (unpaired) electrons. The van der Waals surface area contributed by atoms with Crippen molar-refractivity contribution in [3.05, 3.63) is 12.2 Å². The minimum atomic E-state index is -0.264. The van der Waals surface area contributed by atoms with Crippen LogP contribution in [0.5, 0.6) is 0 Å². The van der Waals surface area contributed by atoms with E-state index in [-0.39, 0.29) is 17.1 Å². The van der Waals surface area contributed by atoms with Crippen LogP contribution in [-0.2, 0) is 4.74 Å². The maximum absolute atomic E-state index is 10.4. The quantitative estimate of drug-likeness (QED) is 0.572. The van der Waals surface area contributed by atoms with Gasteiger partial charge in [0.05, 0.1) is 12.7 Å². The van der Waals surface area contributed by atoms with E-state index in [9.17, 15) is 5.11 Å². The summed E-state index contributed by atoms with van der Waals surface area (Å²) in [6, 6.07) is 0. The van der Waals surface area contributed by atoms with Crippen LogP contribution in [0.2, 0.25) is 0 Å². The van der Waals surface area contributed by atoms with Crippen LogP contribution >= 0.6 is 0 Å². The molecule has 3 rings (SSSR count). The zero-order chi connectivity index (χ0) is 13.2. The molecule has 0 amide bonds. The van der Waals surface area contributed by atoms with Crippen LogP contribution in [-0.4, -0.2) is 23.4 Å². The van der Waals surface area contributed by atoms with Gasteiger partial charge in [0.25, 0.3) is 0 Å². The molecule has 1 spiro atoms. The summed E-state index contributed by atoms with van der Waals surface area (Å²) in [6.45, 7) is 11.8. The monoisotopic (exact) mass is 250 g/mol. The summed E-state index contributed by atoms with van der Waals surface area (Å²) in [5, 5.41) is 10.4.